The molecule has 0 heterocycles. The molecule has 0 N–H and O–H groups in total. The predicted octanol–water partition coefficient (Wildman–Crippen LogP) is 0.988. The Balaban J connectivity index is 3.18. The molecule has 0 spiro atoms. The molecule has 0 saturated heterocycles. The first-order chi connectivity index (χ1) is 8.62. The summed E-state index contributed by atoms with van der Waals surface area (Å²) in [6.45, 7) is 1.23. The maximum Gasteiger partial charge on any atom is 0.242 e. The number of likely N-dealkylation sites (N-methyl/N-ethyl adjacent to an activating group) is 1. The molecule has 0 aliphatic carbocycles. The Labute approximate surface area is 112 Å². The van der Waals surface area contributed by atoms with E-state index in [1.54, 1.807) is 14.1 Å². The van der Waals surface area contributed by atoms with Crippen molar-refractivity contribution in [2.45, 2.75) is 6.92 Å². The fraction of sp³-hybridized carbons (Fsp3) is 0.417. The summed E-state index contributed by atoms with van der Waals surface area (Å²) in [4.78, 5) is 13.0. The van der Waals surface area contributed by atoms with Crippen molar-refractivity contribution in [3.63, 3.8) is 0 Å². The lowest BCUT2D eigenvalue weighted by Crippen LogP contribution is -2.39. The van der Waals surface area contributed by atoms with Crippen molar-refractivity contribution >= 4 is 21.6 Å². The van der Waals surface area contributed by atoms with Crippen LogP contribution in [0.25, 0.3) is 0 Å². The lowest BCUT2D eigenvalue weighted by atomic mass is 10.2. The van der Waals surface area contributed by atoms with E-state index in [9.17, 15) is 17.6 Å². The quantitative estimate of drug-likeness (QED) is 0.830. The zero-order valence-corrected chi connectivity index (χ0v) is 12.2. The minimum atomic E-state index is -3.61. The Morgan fingerprint density at radius 1 is 1.32 bits per heavy atom. The first-order valence-corrected chi connectivity index (χ1v) is 7.42. The smallest absolute Gasteiger partial charge is 0.242 e. The predicted molar refractivity (Wildman–Crippen MR) is 72.0 cm³/mol. The van der Waals surface area contributed by atoms with Crippen molar-refractivity contribution in [1.82, 2.24) is 4.90 Å². The molecular weight excluding hydrogens is 271 g/mol. The van der Waals surface area contributed by atoms with Gasteiger partial charge >= 0.3 is 0 Å². The largest absolute Gasteiger partial charge is 0.347 e. The summed E-state index contributed by atoms with van der Waals surface area (Å²) >= 11 is 0. The van der Waals surface area contributed by atoms with Gasteiger partial charge in [-0.25, -0.2) is 12.8 Å². The summed E-state index contributed by atoms with van der Waals surface area (Å²) in [5.41, 5.74) is 0.597. The van der Waals surface area contributed by atoms with Gasteiger partial charge in [0.05, 0.1) is 11.9 Å². The number of hydrogen-bond donors (Lipinski definition) is 0. The van der Waals surface area contributed by atoms with Crippen molar-refractivity contribution in [2.24, 2.45) is 0 Å². The SMILES string of the molecule is Cc1cc(N(CC(=O)N(C)C)S(C)(=O)=O)ccc1F. The van der Waals surface area contributed by atoms with E-state index in [0.717, 1.165) is 10.6 Å². The van der Waals surface area contributed by atoms with Gasteiger partial charge in [0.1, 0.15) is 12.4 Å². The van der Waals surface area contributed by atoms with E-state index in [2.05, 4.69) is 0 Å². The Kier molecular flexibility index (Phi) is 4.52. The molecule has 0 aliphatic rings. The third kappa shape index (κ3) is 3.92. The fourth-order valence-electron chi connectivity index (χ4n) is 1.45. The van der Waals surface area contributed by atoms with Crippen LogP contribution in [-0.4, -0.2) is 46.1 Å². The van der Waals surface area contributed by atoms with Crippen LogP contribution in [0.5, 0.6) is 0 Å². The molecule has 0 radical (unpaired) electrons. The number of halogens is 1. The summed E-state index contributed by atoms with van der Waals surface area (Å²) < 4.78 is 37.7. The first-order valence-electron chi connectivity index (χ1n) is 5.57. The number of aryl methyl sites for hydroxylation is 1. The molecule has 0 aliphatic heterocycles. The van der Waals surface area contributed by atoms with Gasteiger partial charge in [0.25, 0.3) is 0 Å². The van der Waals surface area contributed by atoms with Gasteiger partial charge in [0.15, 0.2) is 0 Å². The Hall–Kier alpha value is -1.63. The number of amides is 1. The van der Waals surface area contributed by atoms with E-state index in [1.807, 2.05) is 0 Å². The number of carbonyl (C=O) groups excluding carboxylic acids is 1. The Morgan fingerprint density at radius 2 is 1.89 bits per heavy atom. The van der Waals surface area contributed by atoms with E-state index >= 15 is 0 Å². The number of anilines is 1. The van der Waals surface area contributed by atoms with Gasteiger partial charge in [-0.15, -0.1) is 0 Å². The summed E-state index contributed by atoms with van der Waals surface area (Å²) in [7, 11) is -0.532. The summed E-state index contributed by atoms with van der Waals surface area (Å²) in [6.07, 6.45) is 1.01. The highest BCUT2D eigenvalue weighted by molar-refractivity contribution is 7.92. The van der Waals surface area contributed by atoms with E-state index in [4.69, 9.17) is 0 Å². The summed E-state index contributed by atoms with van der Waals surface area (Å²) in [6, 6.07) is 3.93. The van der Waals surface area contributed by atoms with Gasteiger partial charge in [-0.2, -0.15) is 0 Å². The van der Waals surface area contributed by atoms with Crippen LogP contribution in [0.15, 0.2) is 18.2 Å². The number of carbonyl (C=O) groups is 1. The van der Waals surface area contributed by atoms with E-state index in [0.29, 0.717) is 5.56 Å². The molecule has 0 fully saturated rings. The van der Waals surface area contributed by atoms with Gasteiger partial charge in [-0.1, -0.05) is 0 Å². The zero-order chi connectivity index (χ0) is 14.8. The van der Waals surface area contributed by atoms with Crippen molar-refractivity contribution in [3.8, 4) is 0 Å². The molecule has 5 nitrogen and oxygen atoms in total. The van der Waals surface area contributed by atoms with Crippen molar-refractivity contribution < 1.29 is 17.6 Å². The molecule has 0 aromatic heterocycles. The van der Waals surface area contributed by atoms with Gasteiger partial charge < -0.3 is 4.90 Å². The molecule has 19 heavy (non-hydrogen) atoms. The van der Waals surface area contributed by atoms with E-state index < -0.39 is 15.8 Å². The molecule has 1 amide bonds. The van der Waals surface area contributed by atoms with Crippen LogP contribution < -0.4 is 4.31 Å². The molecule has 0 bridgehead atoms. The number of sulfonamides is 1. The minimum Gasteiger partial charge on any atom is -0.347 e. The topological polar surface area (TPSA) is 57.7 Å². The van der Waals surface area contributed by atoms with Crippen LogP contribution in [0, 0.1) is 12.7 Å². The summed E-state index contributed by atoms with van der Waals surface area (Å²) in [5.74, 6) is -0.774. The zero-order valence-electron chi connectivity index (χ0n) is 11.3. The monoisotopic (exact) mass is 288 g/mol. The average Bonchev–Trinajstić information content (AvgIpc) is 2.27. The van der Waals surface area contributed by atoms with Gasteiger partial charge in [0, 0.05) is 14.1 Å². The van der Waals surface area contributed by atoms with Gasteiger partial charge in [-0.05, 0) is 30.7 Å². The fourth-order valence-corrected chi connectivity index (χ4v) is 2.29. The maximum absolute atomic E-state index is 13.2. The third-order valence-electron chi connectivity index (χ3n) is 2.61. The van der Waals surface area contributed by atoms with Crippen LogP contribution in [0.1, 0.15) is 5.56 Å². The van der Waals surface area contributed by atoms with Crippen LogP contribution in [-0.2, 0) is 14.8 Å². The molecule has 0 saturated carbocycles. The van der Waals surface area contributed by atoms with Crippen LogP contribution >= 0.6 is 0 Å². The normalized spacial score (nSPS) is 11.2. The third-order valence-corrected chi connectivity index (χ3v) is 3.75. The molecule has 1 aromatic rings. The minimum absolute atomic E-state index is 0.275. The van der Waals surface area contributed by atoms with Crippen molar-refractivity contribution in [2.75, 3.05) is 31.2 Å². The number of benzene rings is 1. The Bertz CT molecular complexity index is 585. The highest BCUT2D eigenvalue weighted by Crippen LogP contribution is 2.20. The number of hydrogen-bond acceptors (Lipinski definition) is 3. The molecule has 0 atom stereocenters. The first kappa shape index (κ1) is 15.4. The van der Waals surface area contributed by atoms with Crippen LogP contribution in [0.3, 0.4) is 0 Å². The van der Waals surface area contributed by atoms with Crippen molar-refractivity contribution in [3.05, 3.63) is 29.6 Å². The second-order valence-corrected chi connectivity index (χ2v) is 6.40. The lowest BCUT2D eigenvalue weighted by Gasteiger charge is -2.23. The van der Waals surface area contributed by atoms with Crippen LogP contribution in [0.4, 0.5) is 10.1 Å². The van der Waals surface area contributed by atoms with Gasteiger partial charge in [-0.3, -0.25) is 9.10 Å². The Morgan fingerprint density at radius 3 is 2.32 bits per heavy atom. The maximum atomic E-state index is 13.2. The second kappa shape index (κ2) is 5.56. The standard InChI is InChI=1S/C12H17FN2O3S/c1-9-7-10(5-6-11(9)13)15(19(4,17)18)8-12(16)14(2)3/h5-7H,8H2,1-4H3. The molecule has 0 unspecified atom stereocenters. The van der Waals surface area contributed by atoms with E-state index in [-0.39, 0.29) is 18.1 Å². The molecule has 106 valence electrons. The number of rotatable bonds is 4. The highest BCUT2D eigenvalue weighted by Gasteiger charge is 2.22. The molecule has 1 rings (SSSR count). The number of nitrogens with zero attached hydrogens (tertiary/aromatic N) is 2. The van der Waals surface area contributed by atoms with Crippen LogP contribution in [0.2, 0.25) is 0 Å². The highest BCUT2D eigenvalue weighted by atomic mass is 32.2. The average molecular weight is 288 g/mol. The summed E-state index contributed by atoms with van der Waals surface area (Å²) in [5, 5.41) is 0. The van der Waals surface area contributed by atoms with E-state index in [1.165, 1.54) is 30.0 Å². The molecule has 1 aromatic carbocycles. The second-order valence-electron chi connectivity index (χ2n) is 4.49. The van der Waals surface area contributed by atoms with Gasteiger partial charge in [0.2, 0.25) is 15.9 Å². The molecular formula is C12H17FN2O3S. The molecule has 7 heteroatoms. The lowest BCUT2D eigenvalue weighted by molar-refractivity contribution is -0.127. The van der Waals surface area contributed by atoms with Crippen molar-refractivity contribution in [1.29, 1.82) is 0 Å².